The van der Waals surface area contributed by atoms with Crippen LogP contribution in [0.5, 0.6) is 0 Å². The van der Waals surface area contributed by atoms with Crippen molar-refractivity contribution in [3.05, 3.63) is 53.0 Å². The number of hydrogen-bond donors (Lipinski definition) is 2. The van der Waals surface area contributed by atoms with Crippen LogP contribution in [0.3, 0.4) is 0 Å². The van der Waals surface area contributed by atoms with Crippen LogP contribution in [-0.2, 0) is 4.79 Å². The molecule has 112 valence electrons. The minimum atomic E-state index is -0.138. The van der Waals surface area contributed by atoms with Crippen molar-refractivity contribution in [1.29, 1.82) is 5.26 Å². The van der Waals surface area contributed by atoms with Gasteiger partial charge in [-0.05, 0) is 40.2 Å². The molecule has 0 atom stereocenters. The second-order valence-electron chi connectivity index (χ2n) is 4.32. The van der Waals surface area contributed by atoms with Gasteiger partial charge in [-0.3, -0.25) is 4.79 Å². The minimum absolute atomic E-state index is 0.138. The topological polar surface area (TPSA) is 64.9 Å². The first-order valence-corrected chi connectivity index (χ1v) is 8.35. The Morgan fingerprint density at radius 3 is 2.55 bits per heavy atom. The molecule has 2 aromatic carbocycles. The number of para-hydroxylation sites is 2. The molecule has 1 amide bonds. The molecule has 0 saturated carbocycles. The van der Waals surface area contributed by atoms with Crippen molar-refractivity contribution in [1.82, 2.24) is 0 Å². The lowest BCUT2D eigenvalue weighted by atomic mass is 10.3. The third kappa shape index (κ3) is 4.79. The maximum absolute atomic E-state index is 12.1. The van der Waals surface area contributed by atoms with E-state index in [0.29, 0.717) is 5.75 Å². The van der Waals surface area contributed by atoms with E-state index in [2.05, 4.69) is 32.6 Å². The standard InChI is InChI=1S/C16H14BrN3OS/c17-12-5-1-2-6-13(12)19-11-16(21)20-14-7-3-4-8-15(14)22-10-9-18/h1-8,19H,10-11H2,(H,20,21). The molecule has 4 nitrogen and oxygen atoms in total. The molecule has 0 aromatic heterocycles. The average Bonchev–Trinajstić information content (AvgIpc) is 2.53. The summed E-state index contributed by atoms with van der Waals surface area (Å²) in [4.78, 5) is 12.9. The Labute approximate surface area is 142 Å². The van der Waals surface area contributed by atoms with Crippen LogP contribution < -0.4 is 10.6 Å². The van der Waals surface area contributed by atoms with Crippen LogP contribution in [0.2, 0.25) is 0 Å². The van der Waals surface area contributed by atoms with Crippen LogP contribution in [0.15, 0.2) is 57.9 Å². The fourth-order valence-electron chi connectivity index (χ4n) is 1.78. The first-order valence-electron chi connectivity index (χ1n) is 6.57. The molecule has 0 heterocycles. The van der Waals surface area contributed by atoms with E-state index in [0.717, 1.165) is 20.7 Å². The summed E-state index contributed by atoms with van der Waals surface area (Å²) in [5.41, 5.74) is 1.59. The molecule has 0 aliphatic rings. The predicted octanol–water partition coefficient (Wildman–Crippen LogP) is 4.12. The van der Waals surface area contributed by atoms with Crippen LogP contribution in [-0.4, -0.2) is 18.2 Å². The van der Waals surface area contributed by atoms with E-state index in [1.807, 2.05) is 48.5 Å². The fourth-order valence-corrected chi connectivity index (χ4v) is 2.87. The van der Waals surface area contributed by atoms with Crippen LogP contribution in [0, 0.1) is 11.3 Å². The Kier molecular flexibility index (Phi) is 6.31. The second kappa shape index (κ2) is 8.47. The zero-order valence-electron chi connectivity index (χ0n) is 11.7. The molecular formula is C16H14BrN3OS. The summed E-state index contributed by atoms with van der Waals surface area (Å²) in [6.07, 6.45) is 0. The van der Waals surface area contributed by atoms with Crippen molar-refractivity contribution in [2.24, 2.45) is 0 Å². The molecule has 0 bridgehead atoms. The summed E-state index contributed by atoms with van der Waals surface area (Å²) in [6, 6.07) is 17.2. The van der Waals surface area contributed by atoms with Gasteiger partial charge in [0.25, 0.3) is 0 Å². The van der Waals surface area contributed by atoms with E-state index in [-0.39, 0.29) is 12.5 Å². The Hall–Kier alpha value is -1.97. The largest absolute Gasteiger partial charge is 0.375 e. The van der Waals surface area contributed by atoms with Gasteiger partial charge in [-0.2, -0.15) is 5.26 Å². The molecule has 0 aliphatic carbocycles. The maximum atomic E-state index is 12.1. The first kappa shape index (κ1) is 16.4. The van der Waals surface area contributed by atoms with Gasteiger partial charge < -0.3 is 10.6 Å². The molecule has 6 heteroatoms. The smallest absolute Gasteiger partial charge is 0.243 e. The fraction of sp³-hybridized carbons (Fsp3) is 0.125. The quantitative estimate of drug-likeness (QED) is 0.745. The number of nitriles is 1. The van der Waals surface area contributed by atoms with Gasteiger partial charge in [0.15, 0.2) is 0 Å². The van der Waals surface area contributed by atoms with E-state index >= 15 is 0 Å². The normalized spacial score (nSPS) is 9.82. The lowest BCUT2D eigenvalue weighted by Crippen LogP contribution is -2.22. The van der Waals surface area contributed by atoms with Gasteiger partial charge in [0, 0.05) is 15.1 Å². The third-order valence-corrected chi connectivity index (χ3v) is 4.40. The van der Waals surface area contributed by atoms with Crippen molar-refractivity contribution in [2.45, 2.75) is 4.90 Å². The van der Waals surface area contributed by atoms with Crippen molar-refractivity contribution in [3.8, 4) is 6.07 Å². The molecule has 2 N–H and O–H groups in total. The van der Waals surface area contributed by atoms with Crippen molar-refractivity contribution in [3.63, 3.8) is 0 Å². The maximum Gasteiger partial charge on any atom is 0.243 e. The number of carbonyl (C=O) groups is 1. The number of benzene rings is 2. The number of rotatable bonds is 6. The number of hydrogen-bond acceptors (Lipinski definition) is 4. The highest BCUT2D eigenvalue weighted by Crippen LogP contribution is 2.26. The zero-order valence-corrected chi connectivity index (χ0v) is 14.1. The highest BCUT2D eigenvalue weighted by Gasteiger charge is 2.07. The summed E-state index contributed by atoms with van der Waals surface area (Å²) in [5.74, 6) is 0.211. The first-order chi connectivity index (χ1) is 10.7. The lowest BCUT2D eigenvalue weighted by molar-refractivity contribution is -0.114. The summed E-state index contributed by atoms with van der Waals surface area (Å²) in [7, 11) is 0. The van der Waals surface area contributed by atoms with Gasteiger partial charge in [0.2, 0.25) is 5.91 Å². The molecule has 0 aliphatic heterocycles. The number of nitrogens with zero attached hydrogens (tertiary/aromatic N) is 1. The van der Waals surface area contributed by atoms with Gasteiger partial charge in [0.1, 0.15) is 0 Å². The van der Waals surface area contributed by atoms with Gasteiger partial charge in [0.05, 0.1) is 24.1 Å². The van der Waals surface area contributed by atoms with E-state index in [9.17, 15) is 4.79 Å². The Bertz CT molecular complexity index is 700. The SMILES string of the molecule is N#CCSc1ccccc1NC(=O)CNc1ccccc1Br. The van der Waals surface area contributed by atoms with E-state index in [1.54, 1.807) is 0 Å². The highest BCUT2D eigenvalue weighted by atomic mass is 79.9. The Morgan fingerprint density at radius 1 is 1.14 bits per heavy atom. The molecule has 0 spiro atoms. The van der Waals surface area contributed by atoms with Crippen LogP contribution in [0.25, 0.3) is 0 Å². The minimum Gasteiger partial charge on any atom is -0.375 e. The summed E-state index contributed by atoms with van der Waals surface area (Å²) in [5, 5.41) is 14.6. The molecule has 22 heavy (non-hydrogen) atoms. The molecule has 0 radical (unpaired) electrons. The summed E-state index contributed by atoms with van der Waals surface area (Å²) in [6.45, 7) is 0.167. The Morgan fingerprint density at radius 2 is 1.82 bits per heavy atom. The predicted molar refractivity (Wildman–Crippen MR) is 94.0 cm³/mol. The lowest BCUT2D eigenvalue weighted by Gasteiger charge is -2.11. The monoisotopic (exact) mass is 375 g/mol. The van der Waals surface area contributed by atoms with Gasteiger partial charge in [-0.25, -0.2) is 0 Å². The van der Waals surface area contributed by atoms with E-state index < -0.39 is 0 Å². The molecule has 0 unspecified atom stereocenters. The van der Waals surface area contributed by atoms with E-state index in [4.69, 9.17) is 5.26 Å². The summed E-state index contributed by atoms with van der Waals surface area (Å²) >= 11 is 4.83. The summed E-state index contributed by atoms with van der Waals surface area (Å²) < 4.78 is 0.910. The zero-order chi connectivity index (χ0) is 15.8. The van der Waals surface area contributed by atoms with Crippen molar-refractivity contribution in [2.75, 3.05) is 22.9 Å². The van der Waals surface area contributed by atoms with Crippen LogP contribution in [0.1, 0.15) is 0 Å². The second-order valence-corrected chi connectivity index (χ2v) is 6.20. The van der Waals surface area contributed by atoms with Gasteiger partial charge >= 0.3 is 0 Å². The molecule has 0 saturated heterocycles. The number of carbonyl (C=O) groups excluding carboxylic acids is 1. The third-order valence-electron chi connectivity index (χ3n) is 2.77. The van der Waals surface area contributed by atoms with Crippen LogP contribution >= 0.6 is 27.7 Å². The highest BCUT2D eigenvalue weighted by molar-refractivity contribution is 9.10. The Balaban J connectivity index is 1.95. The molecule has 2 rings (SSSR count). The number of nitrogens with one attached hydrogen (secondary N) is 2. The average molecular weight is 376 g/mol. The number of halogens is 1. The van der Waals surface area contributed by atoms with Crippen molar-refractivity contribution >= 4 is 45.0 Å². The van der Waals surface area contributed by atoms with Crippen LogP contribution in [0.4, 0.5) is 11.4 Å². The van der Waals surface area contributed by atoms with E-state index in [1.165, 1.54) is 11.8 Å². The van der Waals surface area contributed by atoms with Gasteiger partial charge in [-0.1, -0.05) is 24.3 Å². The van der Waals surface area contributed by atoms with Crippen molar-refractivity contribution < 1.29 is 4.79 Å². The molecule has 0 fully saturated rings. The number of thioether (sulfide) groups is 1. The van der Waals surface area contributed by atoms with Gasteiger partial charge in [-0.15, -0.1) is 11.8 Å². The number of amides is 1. The number of anilines is 2. The molecular weight excluding hydrogens is 362 g/mol. The molecule has 2 aromatic rings.